The monoisotopic (exact) mass is 398 g/mol. The summed E-state index contributed by atoms with van der Waals surface area (Å²) < 4.78 is 35.1. The fraction of sp³-hybridized carbons (Fsp3) is 0.650. The fourth-order valence-electron chi connectivity index (χ4n) is 2.99. The molecule has 1 saturated carbocycles. The molecule has 2 rings (SSSR count). The molecule has 0 aliphatic heterocycles. The number of aryl methyl sites for hydroxylation is 1. The maximum absolute atomic E-state index is 12.6. The number of nitrogens with one attached hydrogen (secondary N) is 2. The van der Waals surface area contributed by atoms with Crippen molar-refractivity contribution in [1.29, 1.82) is 0 Å². The Bertz CT molecular complexity index is 624. The van der Waals surface area contributed by atoms with E-state index in [2.05, 4.69) is 25.3 Å². The van der Waals surface area contributed by atoms with Crippen LogP contribution in [0, 0.1) is 6.92 Å². The quantitative estimate of drug-likeness (QED) is 0.419. The second-order valence-electron chi connectivity index (χ2n) is 6.87. The van der Waals surface area contributed by atoms with E-state index in [1.165, 1.54) is 12.8 Å². The molecule has 0 spiro atoms. The van der Waals surface area contributed by atoms with Gasteiger partial charge in [-0.15, -0.1) is 0 Å². The van der Waals surface area contributed by atoms with Crippen molar-refractivity contribution in [3.8, 4) is 5.75 Å². The molecule has 2 N–H and O–H groups in total. The molecule has 0 amide bonds. The molecule has 0 atom stereocenters. The summed E-state index contributed by atoms with van der Waals surface area (Å²) in [5, 5.41) is 6.52. The first-order valence-electron chi connectivity index (χ1n) is 9.83. The second-order valence-corrected chi connectivity index (χ2v) is 6.87. The number of halogens is 2. The minimum absolute atomic E-state index is 0.166. The van der Waals surface area contributed by atoms with Gasteiger partial charge in [-0.2, -0.15) is 8.78 Å². The van der Waals surface area contributed by atoms with Crippen LogP contribution in [-0.4, -0.2) is 63.4 Å². The molecule has 1 fully saturated rings. The SMILES string of the molecule is CCNC(=NCc1cc(C)ccc1OC(F)F)NCCN(CCOC)C1CC1. The van der Waals surface area contributed by atoms with Crippen LogP contribution in [0.3, 0.4) is 0 Å². The molecule has 158 valence electrons. The third kappa shape index (κ3) is 7.98. The maximum atomic E-state index is 12.6. The minimum Gasteiger partial charge on any atom is -0.434 e. The van der Waals surface area contributed by atoms with E-state index in [4.69, 9.17) is 4.74 Å². The van der Waals surface area contributed by atoms with Crippen molar-refractivity contribution >= 4 is 5.96 Å². The molecular formula is C20H32F2N4O2. The van der Waals surface area contributed by atoms with Gasteiger partial charge in [0, 0.05) is 44.9 Å². The third-order valence-electron chi connectivity index (χ3n) is 4.52. The molecule has 6 nitrogen and oxygen atoms in total. The summed E-state index contributed by atoms with van der Waals surface area (Å²) in [6, 6.07) is 5.80. The molecule has 8 heteroatoms. The van der Waals surface area contributed by atoms with Crippen LogP contribution in [0.2, 0.25) is 0 Å². The van der Waals surface area contributed by atoms with Crippen LogP contribution in [0.5, 0.6) is 5.75 Å². The second kappa shape index (κ2) is 11.8. The number of rotatable bonds is 12. The Morgan fingerprint density at radius 1 is 1.29 bits per heavy atom. The predicted octanol–water partition coefficient (Wildman–Crippen LogP) is 2.76. The number of benzene rings is 1. The van der Waals surface area contributed by atoms with Gasteiger partial charge in [0.15, 0.2) is 5.96 Å². The van der Waals surface area contributed by atoms with E-state index >= 15 is 0 Å². The van der Waals surface area contributed by atoms with Crippen molar-refractivity contribution in [2.75, 3.05) is 39.9 Å². The van der Waals surface area contributed by atoms with Gasteiger partial charge in [0.2, 0.25) is 0 Å². The zero-order valence-electron chi connectivity index (χ0n) is 17.0. The van der Waals surface area contributed by atoms with Crippen LogP contribution in [0.1, 0.15) is 30.9 Å². The number of alkyl halides is 2. The van der Waals surface area contributed by atoms with Crippen molar-refractivity contribution in [3.63, 3.8) is 0 Å². The van der Waals surface area contributed by atoms with Crippen LogP contribution >= 0.6 is 0 Å². The molecule has 1 aromatic carbocycles. The van der Waals surface area contributed by atoms with Crippen molar-refractivity contribution in [3.05, 3.63) is 29.3 Å². The van der Waals surface area contributed by atoms with E-state index in [0.29, 0.717) is 17.6 Å². The standard InChI is InChI=1S/C20H32F2N4O2/c1-4-23-20(24-9-10-26(11-12-27-3)17-6-7-17)25-14-16-13-15(2)5-8-18(16)28-19(21)22/h5,8,13,17,19H,4,6-7,9-12,14H2,1-3H3,(H2,23,24,25). The summed E-state index contributed by atoms with van der Waals surface area (Å²) >= 11 is 0. The molecule has 0 aromatic heterocycles. The van der Waals surface area contributed by atoms with Gasteiger partial charge >= 0.3 is 6.61 Å². The predicted molar refractivity (Wildman–Crippen MR) is 107 cm³/mol. The smallest absolute Gasteiger partial charge is 0.387 e. The molecule has 0 saturated heterocycles. The largest absolute Gasteiger partial charge is 0.434 e. The normalized spacial score (nSPS) is 14.6. The maximum Gasteiger partial charge on any atom is 0.387 e. The Balaban J connectivity index is 1.93. The van der Waals surface area contributed by atoms with Gasteiger partial charge in [0.1, 0.15) is 5.75 Å². The number of ether oxygens (including phenoxy) is 2. The summed E-state index contributed by atoms with van der Waals surface area (Å²) in [5.74, 6) is 0.828. The van der Waals surface area contributed by atoms with E-state index in [1.807, 2.05) is 19.9 Å². The lowest BCUT2D eigenvalue weighted by Crippen LogP contribution is -2.42. The Morgan fingerprint density at radius 3 is 2.71 bits per heavy atom. The van der Waals surface area contributed by atoms with E-state index in [-0.39, 0.29) is 12.3 Å². The van der Waals surface area contributed by atoms with Crippen LogP contribution in [0.4, 0.5) is 8.78 Å². The molecule has 0 unspecified atom stereocenters. The molecule has 1 aromatic rings. The highest BCUT2D eigenvalue weighted by atomic mass is 19.3. The van der Waals surface area contributed by atoms with Crippen molar-refractivity contribution in [2.45, 2.75) is 45.9 Å². The highest BCUT2D eigenvalue weighted by Crippen LogP contribution is 2.26. The number of aliphatic imine (C=N–C) groups is 1. The molecule has 0 bridgehead atoms. The number of methoxy groups -OCH3 is 1. The number of hydrogen-bond acceptors (Lipinski definition) is 4. The lowest BCUT2D eigenvalue weighted by molar-refractivity contribution is -0.0504. The number of nitrogens with zero attached hydrogens (tertiary/aromatic N) is 2. The minimum atomic E-state index is -2.85. The molecule has 0 radical (unpaired) electrons. The first-order chi connectivity index (χ1) is 13.5. The molecule has 1 aliphatic rings. The summed E-state index contributed by atoms with van der Waals surface area (Å²) in [7, 11) is 1.72. The van der Waals surface area contributed by atoms with Crippen molar-refractivity contribution in [1.82, 2.24) is 15.5 Å². The highest BCUT2D eigenvalue weighted by Gasteiger charge is 2.28. The average Bonchev–Trinajstić information content (AvgIpc) is 3.49. The van der Waals surface area contributed by atoms with Gasteiger partial charge < -0.3 is 20.1 Å². The molecular weight excluding hydrogens is 366 g/mol. The van der Waals surface area contributed by atoms with Gasteiger partial charge in [0.25, 0.3) is 0 Å². The van der Waals surface area contributed by atoms with Crippen molar-refractivity contribution in [2.24, 2.45) is 4.99 Å². The Labute approximate surface area is 166 Å². The zero-order chi connectivity index (χ0) is 20.4. The van der Waals surface area contributed by atoms with Crippen LogP contribution in [0.15, 0.2) is 23.2 Å². The third-order valence-corrected chi connectivity index (χ3v) is 4.52. The van der Waals surface area contributed by atoms with E-state index in [1.54, 1.807) is 19.2 Å². The van der Waals surface area contributed by atoms with Crippen LogP contribution in [0.25, 0.3) is 0 Å². The first kappa shape index (κ1) is 22.4. The Morgan fingerprint density at radius 2 is 2.07 bits per heavy atom. The van der Waals surface area contributed by atoms with Crippen molar-refractivity contribution < 1.29 is 18.3 Å². The van der Waals surface area contributed by atoms with Gasteiger partial charge in [0.05, 0.1) is 13.2 Å². The Hall–Kier alpha value is -1.93. The summed E-state index contributed by atoms with van der Waals surface area (Å²) in [4.78, 5) is 6.96. The van der Waals surface area contributed by atoms with E-state index in [0.717, 1.165) is 38.3 Å². The summed E-state index contributed by atoms with van der Waals surface area (Å²) in [5.41, 5.74) is 1.61. The molecule has 28 heavy (non-hydrogen) atoms. The van der Waals surface area contributed by atoms with E-state index < -0.39 is 6.61 Å². The Kier molecular flexibility index (Phi) is 9.43. The lowest BCUT2D eigenvalue weighted by Gasteiger charge is -2.22. The summed E-state index contributed by atoms with van der Waals surface area (Å²) in [6.45, 7) is 5.34. The van der Waals surface area contributed by atoms with E-state index in [9.17, 15) is 8.78 Å². The number of hydrogen-bond donors (Lipinski definition) is 2. The van der Waals surface area contributed by atoms with Gasteiger partial charge in [-0.05, 0) is 32.8 Å². The lowest BCUT2D eigenvalue weighted by atomic mass is 10.1. The number of guanidine groups is 1. The van der Waals surface area contributed by atoms with Gasteiger partial charge in [-0.25, -0.2) is 4.99 Å². The first-order valence-corrected chi connectivity index (χ1v) is 9.83. The molecule has 1 aliphatic carbocycles. The van der Waals surface area contributed by atoms with Crippen LogP contribution in [-0.2, 0) is 11.3 Å². The van der Waals surface area contributed by atoms with Gasteiger partial charge in [-0.3, -0.25) is 4.90 Å². The highest BCUT2D eigenvalue weighted by molar-refractivity contribution is 5.79. The average molecular weight is 398 g/mol. The van der Waals surface area contributed by atoms with Gasteiger partial charge in [-0.1, -0.05) is 17.7 Å². The topological polar surface area (TPSA) is 58.1 Å². The summed E-state index contributed by atoms with van der Waals surface area (Å²) in [6.07, 6.45) is 2.50. The zero-order valence-corrected chi connectivity index (χ0v) is 17.0. The fourth-order valence-corrected chi connectivity index (χ4v) is 2.99. The molecule has 0 heterocycles. The van der Waals surface area contributed by atoms with Crippen LogP contribution < -0.4 is 15.4 Å².